The van der Waals surface area contributed by atoms with Gasteiger partial charge in [0, 0.05) is 31.4 Å². The fourth-order valence-corrected chi connectivity index (χ4v) is 7.92. The SMILES string of the molecule is CCC[C@@](F)(NC(=O)[C@@H]1[C@H]2CCC[C@H]2CN1C(=O)[C@@H](NC(=O)[C@@H](NC(=O)c1cnccn1)C1CCCCC1)C(C)(C)C)C(=O)C(=O)NC1CC1. The monoisotopic (exact) mass is 697 g/mol. The van der Waals surface area contributed by atoms with Crippen LogP contribution in [0.2, 0.25) is 0 Å². The molecule has 13 nitrogen and oxygen atoms in total. The highest BCUT2D eigenvalue weighted by Crippen LogP contribution is 2.43. The van der Waals surface area contributed by atoms with E-state index in [0.717, 1.165) is 44.9 Å². The Morgan fingerprint density at radius 1 is 0.940 bits per heavy atom. The number of hydrogen-bond donors (Lipinski definition) is 4. The van der Waals surface area contributed by atoms with Crippen LogP contribution in [0.15, 0.2) is 18.6 Å². The highest BCUT2D eigenvalue weighted by Gasteiger charge is 2.54. The molecule has 0 radical (unpaired) electrons. The van der Waals surface area contributed by atoms with Crippen molar-refractivity contribution in [2.45, 2.75) is 135 Å². The molecule has 5 amide bonds. The molecule has 0 aromatic carbocycles. The number of carbonyl (C=O) groups is 6. The van der Waals surface area contributed by atoms with Gasteiger partial charge in [0.05, 0.1) is 6.20 Å². The summed E-state index contributed by atoms with van der Waals surface area (Å²) in [6.45, 7) is 7.31. The van der Waals surface area contributed by atoms with E-state index in [1.165, 1.54) is 23.5 Å². The summed E-state index contributed by atoms with van der Waals surface area (Å²) in [5.74, 6) is -8.17. The molecule has 3 saturated carbocycles. The van der Waals surface area contributed by atoms with Crippen molar-refractivity contribution in [1.82, 2.24) is 36.1 Å². The van der Waals surface area contributed by atoms with Crippen molar-refractivity contribution in [1.29, 1.82) is 0 Å². The summed E-state index contributed by atoms with van der Waals surface area (Å²) in [6, 6.07) is -3.29. The third-order valence-electron chi connectivity index (χ3n) is 10.7. The van der Waals surface area contributed by atoms with Gasteiger partial charge in [-0.05, 0) is 61.7 Å². The molecule has 0 bridgehead atoms. The van der Waals surface area contributed by atoms with Gasteiger partial charge in [-0.15, -0.1) is 0 Å². The molecular weight excluding hydrogens is 645 g/mol. The number of aromatic nitrogens is 2. The van der Waals surface area contributed by atoms with E-state index in [1.807, 2.05) is 0 Å². The first kappa shape index (κ1) is 37.3. The molecule has 2 heterocycles. The van der Waals surface area contributed by atoms with Crippen molar-refractivity contribution >= 4 is 35.3 Å². The summed E-state index contributed by atoms with van der Waals surface area (Å²) < 4.78 is 16.3. The minimum absolute atomic E-state index is 0.0127. The topological polar surface area (TPSA) is 180 Å². The van der Waals surface area contributed by atoms with E-state index in [1.54, 1.807) is 27.7 Å². The highest BCUT2D eigenvalue weighted by atomic mass is 19.1. The lowest BCUT2D eigenvalue weighted by atomic mass is 9.82. The first-order valence-electron chi connectivity index (χ1n) is 18.3. The first-order valence-corrected chi connectivity index (χ1v) is 18.3. The van der Waals surface area contributed by atoms with Crippen LogP contribution in [-0.4, -0.2) is 86.7 Å². The zero-order valence-electron chi connectivity index (χ0n) is 29.6. The van der Waals surface area contributed by atoms with Crippen LogP contribution in [0, 0.1) is 23.2 Å². The normalized spacial score (nSPS) is 24.7. The van der Waals surface area contributed by atoms with Gasteiger partial charge in [0.25, 0.3) is 23.4 Å². The molecule has 4 N–H and O–H groups in total. The lowest BCUT2D eigenvalue weighted by Gasteiger charge is -2.38. The quantitative estimate of drug-likeness (QED) is 0.180. The second kappa shape index (κ2) is 15.5. The standard InChI is InChI=1S/C36H52FN7O6/c1-5-16-36(37,29(45)33(49)40-23-14-15-23)43-32(48)27-24-13-9-12-22(24)20-44(27)34(50)28(35(2,3)4)42-31(47)26(21-10-7-6-8-11-21)41-30(46)25-19-38-17-18-39-25/h17-19,21-24,26-28H,5-16,20H2,1-4H3,(H,40,49)(H,41,46)(H,42,47)(H,43,48)/t22-,24-,26-,27-,28+,36+/m0/s1. The molecule has 1 saturated heterocycles. The number of likely N-dealkylation sites (tertiary alicyclic amines) is 1. The van der Waals surface area contributed by atoms with Crippen LogP contribution in [0.25, 0.3) is 0 Å². The molecule has 6 atom stereocenters. The predicted molar refractivity (Wildman–Crippen MR) is 181 cm³/mol. The number of amides is 5. The van der Waals surface area contributed by atoms with E-state index in [2.05, 4.69) is 31.2 Å². The van der Waals surface area contributed by atoms with Crippen LogP contribution in [0.1, 0.15) is 115 Å². The summed E-state index contributed by atoms with van der Waals surface area (Å²) in [6.07, 6.45) is 11.9. The Morgan fingerprint density at radius 3 is 2.28 bits per heavy atom. The van der Waals surface area contributed by atoms with E-state index in [4.69, 9.17) is 0 Å². The van der Waals surface area contributed by atoms with Crippen molar-refractivity contribution in [3.8, 4) is 0 Å². The van der Waals surface area contributed by atoms with Crippen LogP contribution in [0.5, 0.6) is 0 Å². The van der Waals surface area contributed by atoms with Gasteiger partial charge in [0.1, 0.15) is 23.8 Å². The zero-order chi connectivity index (χ0) is 36.2. The van der Waals surface area contributed by atoms with Crippen LogP contribution in [-0.2, 0) is 24.0 Å². The lowest BCUT2D eigenvalue weighted by Crippen LogP contribution is -2.63. The van der Waals surface area contributed by atoms with Gasteiger partial charge in [-0.1, -0.05) is 59.8 Å². The Labute approximate surface area is 293 Å². The minimum Gasteiger partial charge on any atom is -0.347 e. The summed E-state index contributed by atoms with van der Waals surface area (Å²) in [7, 11) is 0. The van der Waals surface area contributed by atoms with E-state index in [-0.39, 0.29) is 42.5 Å². The van der Waals surface area contributed by atoms with E-state index in [9.17, 15) is 28.8 Å². The number of halogens is 1. The van der Waals surface area contributed by atoms with Crippen molar-refractivity contribution in [2.75, 3.05) is 6.54 Å². The maximum absolute atomic E-state index is 16.3. The van der Waals surface area contributed by atoms with Crippen LogP contribution >= 0.6 is 0 Å². The van der Waals surface area contributed by atoms with Gasteiger partial charge in [-0.3, -0.25) is 33.8 Å². The lowest BCUT2D eigenvalue weighted by molar-refractivity contribution is -0.152. The van der Waals surface area contributed by atoms with Gasteiger partial charge in [-0.2, -0.15) is 0 Å². The molecule has 4 fully saturated rings. The molecule has 0 unspecified atom stereocenters. The van der Waals surface area contributed by atoms with Crippen molar-refractivity contribution in [2.24, 2.45) is 23.2 Å². The van der Waals surface area contributed by atoms with E-state index >= 15 is 4.39 Å². The second-order valence-corrected chi connectivity index (χ2v) is 15.7. The fourth-order valence-electron chi connectivity index (χ4n) is 7.92. The number of ketones is 1. The van der Waals surface area contributed by atoms with E-state index < -0.39 is 71.1 Å². The Balaban J connectivity index is 1.38. The third kappa shape index (κ3) is 8.48. The third-order valence-corrected chi connectivity index (χ3v) is 10.7. The maximum Gasteiger partial charge on any atom is 0.293 e. The first-order chi connectivity index (χ1) is 23.7. The smallest absolute Gasteiger partial charge is 0.293 e. The number of alkyl halides is 1. The van der Waals surface area contributed by atoms with Crippen LogP contribution in [0.3, 0.4) is 0 Å². The van der Waals surface area contributed by atoms with Gasteiger partial charge in [0.15, 0.2) is 0 Å². The number of carbonyl (C=O) groups excluding carboxylic acids is 6. The minimum atomic E-state index is -2.93. The number of nitrogens with zero attached hydrogens (tertiary/aromatic N) is 3. The van der Waals surface area contributed by atoms with Gasteiger partial charge in [-0.25, -0.2) is 9.37 Å². The zero-order valence-corrected chi connectivity index (χ0v) is 29.6. The summed E-state index contributed by atoms with van der Waals surface area (Å²) in [5, 5.41) is 10.6. The fraction of sp³-hybridized carbons (Fsp3) is 0.722. The second-order valence-electron chi connectivity index (χ2n) is 15.7. The molecule has 14 heteroatoms. The molecule has 4 aliphatic rings. The number of Topliss-reactive ketones (excluding diaryl/α,β-unsaturated/α-hetero) is 1. The largest absolute Gasteiger partial charge is 0.347 e. The van der Waals surface area contributed by atoms with Gasteiger partial charge >= 0.3 is 0 Å². The molecule has 0 spiro atoms. The molecule has 5 rings (SSSR count). The average Bonchev–Trinajstić information content (AvgIpc) is 3.65. The predicted octanol–water partition coefficient (Wildman–Crippen LogP) is 2.74. The molecule has 274 valence electrons. The van der Waals surface area contributed by atoms with Gasteiger partial charge in [0.2, 0.25) is 17.7 Å². The number of hydrogen-bond acceptors (Lipinski definition) is 8. The number of nitrogens with one attached hydrogen (secondary N) is 4. The average molecular weight is 698 g/mol. The molecule has 3 aliphatic carbocycles. The molecular formula is C36H52FN7O6. The van der Waals surface area contributed by atoms with Crippen molar-refractivity contribution < 1.29 is 33.2 Å². The summed E-state index contributed by atoms with van der Waals surface area (Å²) >= 11 is 0. The number of fused-ring (bicyclic) bond motifs is 1. The Bertz CT molecular complexity index is 1440. The molecule has 50 heavy (non-hydrogen) atoms. The molecule has 1 aliphatic heterocycles. The van der Waals surface area contributed by atoms with Crippen molar-refractivity contribution in [3.63, 3.8) is 0 Å². The maximum atomic E-state index is 16.3. The Hall–Kier alpha value is -3.97. The summed E-state index contributed by atoms with van der Waals surface area (Å²) in [4.78, 5) is 91.1. The Kier molecular flexibility index (Phi) is 11.6. The van der Waals surface area contributed by atoms with E-state index in [0.29, 0.717) is 19.3 Å². The number of rotatable bonds is 13. The van der Waals surface area contributed by atoms with Crippen LogP contribution in [0.4, 0.5) is 4.39 Å². The Morgan fingerprint density at radius 2 is 1.66 bits per heavy atom. The summed E-state index contributed by atoms with van der Waals surface area (Å²) in [5.41, 5.74) is -0.752. The van der Waals surface area contributed by atoms with Crippen LogP contribution < -0.4 is 21.3 Å². The van der Waals surface area contributed by atoms with Crippen molar-refractivity contribution in [3.05, 3.63) is 24.3 Å². The highest BCUT2D eigenvalue weighted by molar-refractivity contribution is 6.39. The molecule has 1 aromatic rings. The van der Waals surface area contributed by atoms with Gasteiger partial charge < -0.3 is 26.2 Å². The molecule has 1 aromatic heterocycles.